The lowest BCUT2D eigenvalue weighted by atomic mass is 9.82. The zero-order valence-corrected chi connectivity index (χ0v) is 29.2. The van der Waals surface area contributed by atoms with Crippen LogP contribution in [0.2, 0.25) is 0 Å². The summed E-state index contributed by atoms with van der Waals surface area (Å²) in [6.07, 6.45) is -3.15. The van der Waals surface area contributed by atoms with Crippen LogP contribution in [0.1, 0.15) is 59.8 Å². The number of esters is 1. The molecule has 5 N–H and O–H groups in total. The lowest BCUT2D eigenvalue weighted by Crippen LogP contribution is -2.63. The summed E-state index contributed by atoms with van der Waals surface area (Å²) in [7, 11) is 4.85. The van der Waals surface area contributed by atoms with Gasteiger partial charge in [-0.1, -0.05) is 31.2 Å². The van der Waals surface area contributed by atoms with Gasteiger partial charge in [-0.15, -0.1) is 0 Å². The number of hydrogen-bond donors (Lipinski definition) is 5. The fourth-order valence-corrected chi connectivity index (χ4v) is 6.80. The van der Waals surface area contributed by atoms with Crippen LogP contribution in [-0.4, -0.2) is 150 Å². The van der Waals surface area contributed by atoms with Crippen molar-refractivity contribution in [2.75, 3.05) is 27.8 Å². The number of allylic oxidation sites excluding steroid dienone is 2. The molecule has 15 atom stereocenters. The zero-order chi connectivity index (χ0) is 35.8. The molecule has 3 aliphatic rings. The molecule has 0 saturated carbocycles. The number of cyclic esters (lactones) is 1. The van der Waals surface area contributed by atoms with Crippen molar-refractivity contribution in [1.29, 1.82) is 0 Å². The number of nitrogens with zero attached hydrogens (tertiary/aromatic N) is 1. The van der Waals surface area contributed by atoms with E-state index in [1.165, 1.54) is 14.0 Å². The Balaban J connectivity index is 1.90. The predicted molar refractivity (Wildman–Crippen MR) is 172 cm³/mol. The molecule has 3 heterocycles. The van der Waals surface area contributed by atoms with Gasteiger partial charge in [0, 0.05) is 26.4 Å². The lowest BCUT2D eigenvalue weighted by molar-refractivity contribution is -0.329. The number of hydrogen-bond acceptors (Lipinski definition) is 14. The van der Waals surface area contributed by atoms with Crippen molar-refractivity contribution in [3.05, 3.63) is 24.3 Å². The van der Waals surface area contributed by atoms with Crippen LogP contribution in [0.15, 0.2) is 24.3 Å². The third-order valence-electron chi connectivity index (χ3n) is 9.50. The van der Waals surface area contributed by atoms with Crippen molar-refractivity contribution in [2.45, 2.75) is 139 Å². The molecule has 14 nitrogen and oxygen atoms in total. The molecular formula is C34H57NO13. The highest BCUT2D eigenvalue weighted by atomic mass is 16.7. The first kappa shape index (κ1) is 40.6. The molecule has 3 aliphatic heterocycles. The van der Waals surface area contributed by atoms with Crippen LogP contribution < -0.4 is 0 Å². The summed E-state index contributed by atoms with van der Waals surface area (Å²) in [5.74, 6) is -1.63. The summed E-state index contributed by atoms with van der Waals surface area (Å²) in [6.45, 7) is 6.63. The largest absolute Gasteiger partial charge is 0.462 e. The maximum Gasteiger partial charge on any atom is 0.308 e. The molecule has 0 spiro atoms. The molecule has 0 radical (unpaired) electrons. The molecular weight excluding hydrogens is 630 g/mol. The van der Waals surface area contributed by atoms with E-state index >= 15 is 0 Å². The maximum absolute atomic E-state index is 12.8. The number of rotatable bonds is 8. The van der Waals surface area contributed by atoms with Crippen molar-refractivity contribution >= 4 is 12.3 Å². The lowest BCUT2D eigenvalue weighted by Gasteiger charge is -2.48. The summed E-state index contributed by atoms with van der Waals surface area (Å²) in [5, 5.41) is 54.9. The average molecular weight is 688 g/mol. The second-order valence-electron chi connectivity index (χ2n) is 13.9. The van der Waals surface area contributed by atoms with Gasteiger partial charge in [-0.2, -0.15) is 0 Å². The fraction of sp³-hybridized carbons (Fsp3) is 0.824. The molecule has 2 fully saturated rings. The average Bonchev–Trinajstić information content (AvgIpc) is 2.99. The van der Waals surface area contributed by atoms with Gasteiger partial charge in [-0.05, 0) is 53.1 Å². The van der Waals surface area contributed by atoms with E-state index in [-0.39, 0.29) is 31.8 Å². The summed E-state index contributed by atoms with van der Waals surface area (Å²) < 4.78 is 35.7. The highest BCUT2D eigenvalue weighted by Crippen LogP contribution is 2.35. The van der Waals surface area contributed by atoms with E-state index in [0.29, 0.717) is 12.7 Å². The first-order valence-corrected chi connectivity index (χ1v) is 16.8. The Labute approximate surface area is 283 Å². The highest BCUT2D eigenvalue weighted by molar-refractivity contribution is 5.70. The molecule has 14 heteroatoms. The van der Waals surface area contributed by atoms with Gasteiger partial charge >= 0.3 is 5.97 Å². The molecule has 0 aromatic carbocycles. The molecule has 3 rings (SSSR count). The van der Waals surface area contributed by atoms with E-state index in [1.54, 1.807) is 51.1 Å². The van der Waals surface area contributed by atoms with Gasteiger partial charge in [0.15, 0.2) is 12.6 Å². The Hall–Kier alpha value is -1.82. The maximum atomic E-state index is 12.8. The van der Waals surface area contributed by atoms with E-state index in [1.807, 2.05) is 13.0 Å². The predicted octanol–water partition coefficient (Wildman–Crippen LogP) is 0.457. The summed E-state index contributed by atoms with van der Waals surface area (Å²) >= 11 is 0. The first-order chi connectivity index (χ1) is 22.6. The van der Waals surface area contributed by atoms with E-state index in [2.05, 4.69) is 0 Å². The van der Waals surface area contributed by atoms with Crippen molar-refractivity contribution in [2.24, 2.45) is 11.8 Å². The number of aliphatic hydroxyl groups is 5. The molecule has 0 aliphatic carbocycles. The van der Waals surface area contributed by atoms with Crippen LogP contribution in [0.4, 0.5) is 0 Å². The van der Waals surface area contributed by atoms with Gasteiger partial charge in [0.25, 0.3) is 0 Å². The highest BCUT2D eigenvalue weighted by Gasteiger charge is 2.49. The smallest absolute Gasteiger partial charge is 0.308 e. The number of carbonyl (C=O) groups excluding carboxylic acids is 2. The van der Waals surface area contributed by atoms with E-state index in [0.717, 1.165) is 0 Å². The molecule has 0 aromatic rings. The van der Waals surface area contributed by atoms with E-state index in [9.17, 15) is 35.1 Å². The van der Waals surface area contributed by atoms with E-state index in [4.69, 9.17) is 28.4 Å². The first-order valence-electron chi connectivity index (χ1n) is 16.8. The van der Waals surface area contributed by atoms with Crippen LogP contribution in [0, 0.1) is 11.8 Å². The summed E-state index contributed by atoms with van der Waals surface area (Å²) in [5.41, 5.74) is -1.45. The Morgan fingerprint density at radius 1 is 1.08 bits per heavy atom. The minimum atomic E-state index is -1.45. The standard InChI is InChI=1S/C34H57NO13/c1-19-15-22(13-14-36)30(31(43-7)24(38)16-26(39)45-20(2)11-9-8-10-12-23(19)37)48-33-29(40)28(35(5)6)25(18-44-33)47-27-17-34(4,42)32(41)21(3)46-27/h8-10,12,14,19-25,27-33,37-38,40-42H,11,13,15-18H2,1-7H3/b9-8+,12-10+/t19-,20-,21?,22+,23?,24-,25?,27?,28?,29?,30?,31?,32?,33?,34?/m1/s1. The van der Waals surface area contributed by atoms with Crippen molar-refractivity contribution in [3.8, 4) is 0 Å². The Morgan fingerprint density at radius 2 is 1.79 bits per heavy atom. The number of aldehydes is 1. The van der Waals surface area contributed by atoms with Gasteiger partial charge in [0.05, 0.1) is 49.1 Å². The summed E-state index contributed by atoms with van der Waals surface area (Å²) in [4.78, 5) is 26.5. The quantitative estimate of drug-likeness (QED) is 0.175. The molecule has 0 amide bonds. The minimum Gasteiger partial charge on any atom is -0.462 e. The van der Waals surface area contributed by atoms with E-state index < -0.39 is 97.5 Å². The van der Waals surface area contributed by atoms with Crippen molar-refractivity contribution in [1.82, 2.24) is 4.90 Å². The number of methoxy groups -OCH3 is 1. The van der Waals surface area contributed by atoms with Gasteiger partial charge in [-0.25, -0.2) is 0 Å². The zero-order valence-electron chi connectivity index (χ0n) is 29.2. The third kappa shape index (κ3) is 10.8. The second-order valence-corrected chi connectivity index (χ2v) is 13.9. The molecule has 0 bridgehead atoms. The Kier molecular flexibility index (Phi) is 15.6. The molecule has 11 unspecified atom stereocenters. The Bertz CT molecular complexity index is 1070. The number of aliphatic hydroxyl groups excluding tert-OH is 4. The van der Waals surface area contributed by atoms with Gasteiger partial charge in [0.2, 0.25) is 0 Å². The van der Waals surface area contributed by atoms with Crippen molar-refractivity contribution < 1.29 is 63.5 Å². The molecule has 276 valence electrons. The van der Waals surface area contributed by atoms with Crippen LogP contribution in [-0.2, 0) is 38.0 Å². The molecule has 2 saturated heterocycles. The monoisotopic (exact) mass is 687 g/mol. The number of carbonyl (C=O) groups is 2. The van der Waals surface area contributed by atoms with Gasteiger partial charge in [-0.3, -0.25) is 4.79 Å². The molecule has 48 heavy (non-hydrogen) atoms. The van der Waals surface area contributed by atoms with Crippen LogP contribution in [0.3, 0.4) is 0 Å². The number of likely N-dealkylation sites (N-methyl/N-ethyl adjacent to an activating group) is 1. The SMILES string of the molecule is COC1C(OC2OCC(OC3CC(C)(O)C(O)C(C)O3)C(N(C)C)C2O)[C@@H](CC=O)C[C@@H](C)C(O)/C=C/C=C/C[C@@H](C)OC(=O)C[C@H]1O. The molecule has 0 aromatic heterocycles. The van der Waals surface area contributed by atoms with Crippen molar-refractivity contribution in [3.63, 3.8) is 0 Å². The van der Waals surface area contributed by atoms with Crippen LogP contribution in [0.25, 0.3) is 0 Å². The normalized spacial score (nSPS) is 45.3. The summed E-state index contributed by atoms with van der Waals surface area (Å²) in [6, 6.07) is -0.698. The third-order valence-corrected chi connectivity index (χ3v) is 9.50. The van der Waals surface area contributed by atoms with Gasteiger partial charge < -0.3 is 63.6 Å². The topological polar surface area (TPSA) is 194 Å². The minimum absolute atomic E-state index is 0.00917. The van der Waals surface area contributed by atoms with Gasteiger partial charge in [0.1, 0.15) is 36.8 Å². The van der Waals surface area contributed by atoms with Crippen LogP contribution >= 0.6 is 0 Å². The Morgan fingerprint density at radius 3 is 2.42 bits per heavy atom. The number of ether oxygens (including phenoxy) is 6. The fourth-order valence-electron chi connectivity index (χ4n) is 6.80. The van der Waals surface area contributed by atoms with Crippen LogP contribution in [0.5, 0.6) is 0 Å². The second kappa shape index (κ2) is 18.4.